The molecule has 2 rings (SSSR count). The predicted molar refractivity (Wildman–Crippen MR) is 82.0 cm³/mol. The van der Waals surface area contributed by atoms with E-state index in [1.807, 2.05) is 0 Å². The molecule has 2 aliphatic heterocycles. The van der Waals surface area contributed by atoms with E-state index in [0.29, 0.717) is 0 Å². The molecule has 2 fully saturated rings. The van der Waals surface area contributed by atoms with Crippen LogP contribution in [0.5, 0.6) is 0 Å². The first-order valence-corrected chi connectivity index (χ1v) is 8.18. The Morgan fingerprint density at radius 2 is 2.09 bits per heavy atom. The fourth-order valence-electron chi connectivity index (χ4n) is 2.41. The Morgan fingerprint density at radius 1 is 1.43 bits per heavy atom. The van der Waals surface area contributed by atoms with E-state index >= 15 is 0 Å². The van der Waals surface area contributed by atoms with Gasteiger partial charge in [0.2, 0.25) is 12.7 Å². The summed E-state index contributed by atoms with van der Waals surface area (Å²) in [7, 11) is 0. The summed E-state index contributed by atoms with van der Waals surface area (Å²) in [6.45, 7) is 4.46. The molecule has 3 N–H and O–H groups in total. The van der Waals surface area contributed by atoms with Gasteiger partial charge in [0, 0.05) is 13.1 Å². The van der Waals surface area contributed by atoms with Crippen molar-refractivity contribution in [3.63, 3.8) is 0 Å². The van der Waals surface area contributed by atoms with Crippen LogP contribution in [0.2, 0.25) is 0 Å². The van der Waals surface area contributed by atoms with Gasteiger partial charge in [-0.05, 0) is 20.8 Å². The van der Waals surface area contributed by atoms with Gasteiger partial charge in [-0.15, -0.1) is 11.8 Å². The highest BCUT2D eigenvalue weighted by atomic mass is 32.2. The standard InChI is InChI=1S/C14H22N2O6S/c1-13(2,3)11(19)21-7-22-12(20)14(5-15)6-16-9(18)8(4-17)10(16)23-14/h8,10,17H,4-7,15H2,1-3H3/t8-,10+,14?/m0/s1. The van der Waals surface area contributed by atoms with E-state index in [9.17, 15) is 19.5 Å². The van der Waals surface area contributed by atoms with E-state index in [0.717, 1.165) is 0 Å². The molecule has 1 amide bonds. The molecule has 2 heterocycles. The Hall–Kier alpha value is -1.32. The number of carbonyl (C=O) groups excluding carboxylic acids is 3. The van der Waals surface area contributed by atoms with Crippen molar-refractivity contribution < 1.29 is 29.0 Å². The molecule has 9 heteroatoms. The summed E-state index contributed by atoms with van der Waals surface area (Å²) >= 11 is 1.22. The number of carbonyl (C=O) groups is 3. The van der Waals surface area contributed by atoms with E-state index in [1.54, 1.807) is 20.8 Å². The van der Waals surface area contributed by atoms with Gasteiger partial charge in [-0.1, -0.05) is 0 Å². The lowest BCUT2D eigenvalue weighted by molar-refractivity contribution is -0.174. The lowest BCUT2D eigenvalue weighted by Gasteiger charge is -2.40. The van der Waals surface area contributed by atoms with Crippen molar-refractivity contribution in [2.45, 2.75) is 30.9 Å². The molecule has 0 spiro atoms. The van der Waals surface area contributed by atoms with Crippen LogP contribution in [0.1, 0.15) is 20.8 Å². The van der Waals surface area contributed by atoms with Gasteiger partial charge in [-0.25, -0.2) is 0 Å². The van der Waals surface area contributed by atoms with Gasteiger partial charge in [-0.2, -0.15) is 0 Å². The second-order valence-corrected chi connectivity index (χ2v) is 8.19. The molecule has 0 aromatic rings. The minimum Gasteiger partial charge on any atom is -0.427 e. The van der Waals surface area contributed by atoms with Gasteiger partial charge in [0.05, 0.1) is 23.3 Å². The third-order valence-corrected chi connectivity index (χ3v) is 5.65. The Kier molecular flexibility index (Phi) is 4.93. The maximum atomic E-state index is 12.3. The average Bonchev–Trinajstić information content (AvgIpc) is 2.83. The topological polar surface area (TPSA) is 119 Å². The number of nitrogens with two attached hydrogens (primary N) is 1. The number of aliphatic hydroxyl groups excluding tert-OH is 1. The zero-order chi connectivity index (χ0) is 17.4. The second-order valence-electron chi connectivity index (χ2n) is 6.69. The fourth-order valence-corrected chi connectivity index (χ4v) is 4.01. The van der Waals surface area contributed by atoms with Crippen molar-refractivity contribution in [3.05, 3.63) is 0 Å². The Labute approximate surface area is 138 Å². The lowest BCUT2D eigenvalue weighted by Crippen LogP contribution is -2.58. The first kappa shape index (κ1) is 18.0. The highest BCUT2D eigenvalue weighted by Gasteiger charge is 2.61. The van der Waals surface area contributed by atoms with E-state index < -0.39 is 34.8 Å². The largest absolute Gasteiger partial charge is 0.427 e. The number of β-lactam (4-membered cyclic amide) rings is 1. The molecular weight excluding hydrogens is 324 g/mol. The number of esters is 2. The molecule has 0 saturated carbocycles. The van der Waals surface area contributed by atoms with Gasteiger partial charge in [0.1, 0.15) is 4.75 Å². The van der Waals surface area contributed by atoms with Gasteiger partial charge in [-0.3, -0.25) is 14.4 Å². The number of fused-ring (bicyclic) bond motifs is 1. The van der Waals surface area contributed by atoms with Crippen LogP contribution >= 0.6 is 11.8 Å². The zero-order valence-electron chi connectivity index (χ0n) is 13.4. The summed E-state index contributed by atoms with van der Waals surface area (Å²) in [5.74, 6) is -1.79. The molecule has 2 aliphatic rings. The van der Waals surface area contributed by atoms with Crippen LogP contribution in [0, 0.1) is 11.3 Å². The third kappa shape index (κ3) is 3.17. The zero-order valence-corrected chi connectivity index (χ0v) is 14.2. The molecule has 0 aromatic heterocycles. The SMILES string of the molecule is CC(C)(C)C(=O)OCOC(=O)C1(CN)CN2C(=O)[C@H](CO)[C@H]2S1. The molecule has 0 aliphatic carbocycles. The van der Waals surface area contributed by atoms with Crippen LogP contribution in [-0.2, 0) is 23.9 Å². The summed E-state index contributed by atoms with van der Waals surface area (Å²) < 4.78 is 8.85. The summed E-state index contributed by atoms with van der Waals surface area (Å²) in [6.07, 6.45) is 0. The monoisotopic (exact) mass is 346 g/mol. The molecular formula is C14H22N2O6S. The molecule has 23 heavy (non-hydrogen) atoms. The Morgan fingerprint density at radius 3 is 2.61 bits per heavy atom. The van der Waals surface area contributed by atoms with Gasteiger partial charge in [0.25, 0.3) is 0 Å². The van der Waals surface area contributed by atoms with E-state index in [1.165, 1.54) is 16.7 Å². The van der Waals surface area contributed by atoms with E-state index in [-0.39, 0.29) is 31.0 Å². The molecule has 130 valence electrons. The number of thioether (sulfide) groups is 1. The number of hydrogen-bond acceptors (Lipinski definition) is 8. The van der Waals surface area contributed by atoms with Crippen LogP contribution in [-0.4, -0.2) is 64.5 Å². The molecule has 1 unspecified atom stereocenters. The third-order valence-electron chi connectivity index (χ3n) is 3.91. The summed E-state index contributed by atoms with van der Waals surface area (Å²) in [4.78, 5) is 37.3. The van der Waals surface area contributed by atoms with E-state index in [4.69, 9.17) is 15.2 Å². The maximum absolute atomic E-state index is 12.3. The average molecular weight is 346 g/mol. The summed E-state index contributed by atoms with van der Waals surface area (Å²) in [5, 5.41) is 8.93. The van der Waals surface area contributed by atoms with Gasteiger partial charge >= 0.3 is 11.9 Å². The lowest BCUT2D eigenvalue weighted by atomic mass is 9.97. The van der Waals surface area contributed by atoms with Crippen LogP contribution in [0.4, 0.5) is 0 Å². The Bertz CT molecular complexity index is 520. The number of aliphatic hydroxyl groups is 1. The first-order chi connectivity index (χ1) is 10.7. The normalized spacial score (nSPS) is 29.8. The van der Waals surface area contributed by atoms with Crippen molar-refractivity contribution in [2.75, 3.05) is 26.5 Å². The van der Waals surface area contributed by atoms with Crippen molar-refractivity contribution in [1.82, 2.24) is 4.90 Å². The highest BCUT2D eigenvalue weighted by Crippen LogP contribution is 2.49. The van der Waals surface area contributed by atoms with Crippen LogP contribution < -0.4 is 5.73 Å². The molecule has 0 radical (unpaired) electrons. The molecule has 0 aromatic carbocycles. The van der Waals surface area contributed by atoms with Crippen molar-refractivity contribution in [1.29, 1.82) is 0 Å². The number of nitrogens with zero attached hydrogens (tertiary/aromatic N) is 1. The Balaban J connectivity index is 1.93. The number of ether oxygens (including phenoxy) is 2. The highest BCUT2D eigenvalue weighted by molar-refractivity contribution is 8.02. The van der Waals surface area contributed by atoms with E-state index in [2.05, 4.69) is 0 Å². The van der Waals surface area contributed by atoms with Crippen molar-refractivity contribution >= 4 is 29.6 Å². The smallest absolute Gasteiger partial charge is 0.328 e. The van der Waals surface area contributed by atoms with Gasteiger partial charge in [0.15, 0.2) is 0 Å². The maximum Gasteiger partial charge on any atom is 0.328 e. The predicted octanol–water partition coefficient (Wildman–Crippen LogP) is -0.702. The molecule has 3 atom stereocenters. The fraction of sp³-hybridized carbons (Fsp3) is 0.786. The molecule has 0 bridgehead atoms. The number of amides is 1. The first-order valence-electron chi connectivity index (χ1n) is 7.30. The quantitative estimate of drug-likeness (QED) is 0.381. The molecule has 2 saturated heterocycles. The summed E-state index contributed by atoms with van der Waals surface area (Å²) in [5.41, 5.74) is 5.04. The minimum absolute atomic E-state index is 0.0118. The van der Waals surface area contributed by atoms with Crippen molar-refractivity contribution in [3.8, 4) is 0 Å². The van der Waals surface area contributed by atoms with Gasteiger partial charge < -0.3 is 25.2 Å². The second kappa shape index (κ2) is 6.29. The summed E-state index contributed by atoms with van der Waals surface area (Å²) in [6, 6.07) is 0. The number of rotatable bonds is 5. The van der Waals surface area contributed by atoms with Crippen LogP contribution in [0.3, 0.4) is 0 Å². The van der Waals surface area contributed by atoms with Crippen LogP contribution in [0.15, 0.2) is 0 Å². The number of hydrogen-bond donors (Lipinski definition) is 2. The molecule has 8 nitrogen and oxygen atoms in total. The van der Waals surface area contributed by atoms with Crippen LogP contribution in [0.25, 0.3) is 0 Å². The van der Waals surface area contributed by atoms with Crippen molar-refractivity contribution in [2.24, 2.45) is 17.1 Å². The minimum atomic E-state index is -1.08.